The lowest BCUT2D eigenvalue weighted by molar-refractivity contribution is 0.302. The second-order valence-corrected chi connectivity index (χ2v) is 12.8. The fourth-order valence-electron chi connectivity index (χ4n) is 4.27. The summed E-state index contributed by atoms with van der Waals surface area (Å²) in [5, 5.41) is 0. The fraction of sp³-hybridized carbons (Fsp3) is 0.522. The summed E-state index contributed by atoms with van der Waals surface area (Å²) in [6.45, 7) is 12.7. The smallest absolute Gasteiger partial charge is 0.245 e. The zero-order valence-electron chi connectivity index (χ0n) is 20.2. The van der Waals surface area contributed by atoms with E-state index in [4.69, 9.17) is 0 Å². The van der Waals surface area contributed by atoms with Gasteiger partial charge in [0.15, 0.2) is 0 Å². The number of hydrogen-bond acceptors (Lipinski definition) is 6. The van der Waals surface area contributed by atoms with Gasteiger partial charge in [0.1, 0.15) is 10.7 Å². The van der Waals surface area contributed by atoms with Gasteiger partial charge in [-0.1, -0.05) is 12.1 Å². The molecule has 1 aliphatic rings. The molecule has 8 nitrogen and oxygen atoms in total. The lowest BCUT2D eigenvalue weighted by atomic mass is 10.2. The molecule has 2 aromatic rings. The van der Waals surface area contributed by atoms with Crippen molar-refractivity contribution in [2.75, 3.05) is 31.1 Å². The van der Waals surface area contributed by atoms with Crippen LogP contribution >= 0.6 is 0 Å². The Labute approximate surface area is 198 Å². The third-order valence-electron chi connectivity index (χ3n) is 5.84. The predicted octanol–water partition coefficient (Wildman–Crippen LogP) is 3.02. The van der Waals surface area contributed by atoms with E-state index in [1.54, 1.807) is 18.2 Å². The molecule has 0 aliphatic carbocycles. The van der Waals surface area contributed by atoms with E-state index in [1.165, 1.54) is 14.8 Å². The normalized spacial score (nSPS) is 16.2. The van der Waals surface area contributed by atoms with Gasteiger partial charge >= 0.3 is 0 Å². The van der Waals surface area contributed by atoms with E-state index < -0.39 is 20.0 Å². The lowest BCUT2D eigenvalue weighted by Crippen LogP contribution is -2.49. The molecule has 0 saturated carbocycles. The standard InChI is InChI=1S/C23H34N4O4S2/c1-17(2)27(18(3)4)32(28,29)21-9-10-23(24-16-21)25-11-13-26(14-12-25)33(30,31)22-15-19(5)7-8-20(22)6/h7-10,15-18H,11-14H2,1-6H3. The molecule has 1 aromatic heterocycles. The van der Waals surface area contributed by atoms with Gasteiger partial charge in [-0.05, 0) is 70.9 Å². The maximum Gasteiger partial charge on any atom is 0.245 e. The summed E-state index contributed by atoms with van der Waals surface area (Å²) in [6.07, 6.45) is 1.39. The van der Waals surface area contributed by atoms with Crippen LogP contribution in [0.15, 0.2) is 46.3 Å². The summed E-state index contributed by atoms with van der Waals surface area (Å²) in [4.78, 5) is 6.88. The Balaban J connectivity index is 1.73. The van der Waals surface area contributed by atoms with Crippen LogP contribution in [0.2, 0.25) is 0 Å². The molecule has 1 saturated heterocycles. The average Bonchev–Trinajstić information content (AvgIpc) is 2.74. The highest BCUT2D eigenvalue weighted by molar-refractivity contribution is 7.89. The number of piperazine rings is 1. The van der Waals surface area contributed by atoms with Crippen LogP contribution in [0, 0.1) is 13.8 Å². The maximum absolute atomic E-state index is 13.2. The van der Waals surface area contributed by atoms with Crippen molar-refractivity contribution in [1.82, 2.24) is 13.6 Å². The van der Waals surface area contributed by atoms with Crippen molar-refractivity contribution in [3.05, 3.63) is 47.7 Å². The summed E-state index contributed by atoms with van der Waals surface area (Å²) in [7, 11) is -7.22. The topological polar surface area (TPSA) is 90.9 Å². The number of aromatic nitrogens is 1. The van der Waals surface area contributed by atoms with Crippen LogP contribution in [-0.4, -0.2) is 68.7 Å². The van der Waals surface area contributed by atoms with Gasteiger partial charge in [0, 0.05) is 44.5 Å². The molecule has 0 atom stereocenters. The van der Waals surface area contributed by atoms with E-state index in [0.717, 1.165) is 11.1 Å². The van der Waals surface area contributed by atoms with Crippen molar-refractivity contribution in [2.45, 2.75) is 63.4 Å². The summed E-state index contributed by atoms with van der Waals surface area (Å²) >= 11 is 0. The first-order chi connectivity index (χ1) is 15.4. The highest BCUT2D eigenvalue weighted by Crippen LogP contribution is 2.25. The van der Waals surface area contributed by atoms with E-state index in [0.29, 0.717) is 36.9 Å². The Kier molecular flexibility index (Phi) is 7.52. The van der Waals surface area contributed by atoms with Gasteiger partial charge < -0.3 is 4.90 Å². The van der Waals surface area contributed by atoms with Gasteiger partial charge in [0.2, 0.25) is 20.0 Å². The van der Waals surface area contributed by atoms with Crippen molar-refractivity contribution < 1.29 is 16.8 Å². The second kappa shape index (κ2) is 9.69. The van der Waals surface area contributed by atoms with Crippen molar-refractivity contribution in [3.63, 3.8) is 0 Å². The Hall–Kier alpha value is -2.01. The van der Waals surface area contributed by atoms with Gasteiger partial charge in [-0.3, -0.25) is 0 Å². The number of rotatable bonds is 7. The molecule has 3 rings (SSSR count). The number of anilines is 1. The van der Waals surface area contributed by atoms with Crippen LogP contribution in [0.3, 0.4) is 0 Å². The largest absolute Gasteiger partial charge is 0.354 e. The maximum atomic E-state index is 13.2. The van der Waals surface area contributed by atoms with Crippen molar-refractivity contribution >= 4 is 25.9 Å². The van der Waals surface area contributed by atoms with Gasteiger partial charge in [0.25, 0.3) is 0 Å². The molecule has 33 heavy (non-hydrogen) atoms. The van der Waals surface area contributed by atoms with Crippen LogP contribution in [0.4, 0.5) is 5.82 Å². The zero-order chi connectivity index (χ0) is 24.6. The number of nitrogens with zero attached hydrogens (tertiary/aromatic N) is 4. The van der Waals surface area contributed by atoms with Gasteiger partial charge in [-0.25, -0.2) is 21.8 Å². The summed E-state index contributed by atoms with van der Waals surface area (Å²) in [5.74, 6) is 0.637. The van der Waals surface area contributed by atoms with E-state index >= 15 is 0 Å². The van der Waals surface area contributed by atoms with Crippen LogP contribution in [0.25, 0.3) is 0 Å². The molecule has 1 aliphatic heterocycles. The van der Waals surface area contributed by atoms with Crippen LogP contribution in [0.1, 0.15) is 38.8 Å². The summed E-state index contributed by atoms with van der Waals surface area (Å²) in [6, 6.07) is 8.40. The molecule has 0 spiro atoms. The lowest BCUT2D eigenvalue weighted by Gasteiger charge is -2.35. The fourth-order valence-corrected chi connectivity index (χ4v) is 7.78. The van der Waals surface area contributed by atoms with E-state index in [9.17, 15) is 16.8 Å². The quantitative estimate of drug-likeness (QED) is 0.588. The third kappa shape index (κ3) is 5.24. The third-order valence-corrected chi connectivity index (χ3v) is 10.1. The van der Waals surface area contributed by atoms with E-state index in [-0.39, 0.29) is 17.0 Å². The van der Waals surface area contributed by atoms with Crippen molar-refractivity contribution in [1.29, 1.82) is 0 Å². The molecule has 0 bridgehead atoms. The number of aryl methyl sites for hydroxylation is 2. The summed E-state index contributed by atoms with van der Waals surface area (Å²) in [5.41, 5.74) is 1.64. The van der Waals surface area contributed by atoms with Crippen LogP contribution < -0.4 is 4.90 Å². The number of pyridine rings is 1. The monoisotopic (exact) mass is 494 g/mol. The minimum atomic E-state index is -3.65. The molecule has 1 fully saturated rings. The van der Waals surface area contributed by atoms with E-state index in [1.807, 2.05) is 58.6 Å². The highest BCUT2D eigenvalue weighted by Gasteiger charge is 2.32. The van der Waals surface area contributed by atoms with Crippen LogP contribution in [0.5, 0.6) is 0 Å². The minimum absolute atomic E-state index is 0.157. The van der Waals surface area contributed by atoms with Crippen LogP contribution in [-0.2, 0) is 20.0 Å². The molecular formula is C23H34N4O4S2. The average molecular weight is 495 g/mol. The molecule has 0 amide bonds. The first-order valence-corrected chi connectivity index (χ1v) is 14.1. The Morgan fingerprint density at radius 3 is 2.00 bits per heavy atom. The Bertz CT molecular complexity index is 1180. The molecule has 10 heteroatoms. The number of benzene rings is 1. The molecular weight excluding hydrogens is 460 g/mol. The second-order valence-electron chi connectivity index (χ2n) is 9.03. The van der Waals surface area contributed by atoms with Gasteiger partial charge in [-0.2, -0.15) is 8.61 Å². The van der Waals surface area contributed by atoms with Gasteiger partial charge in [-0.15, -0.1) is 0 Å². The first-order valence-electron chi connectivity index (χ1n) is 11.2. The predicted molar refractivity (Wildman–Crippen MR) is 130 cm³/mol. The van der Waals surface area contributed by atoms with E-state index in [2.05, 4.69) is 4.98 Å². The number of sulfonamides is 2. The summed E-state index contributed by atoms with van der Waals surface area (Å²) < 4.78 is 55.4. The van der Waals surface area contributed by atoms with Gasteiger partial charge in [0.05, 0.1) is 4.90 Å². The molecule has 2 heterocycles. The van der Waals surface area contributed by atoms with Crippen molar-refractivity contribution in [2.24, 2.45) is 0 Å². The molecule has 0 unspecified atom stereocenters. The molecule has 1 aromatic carbocycles. The minimum Gasteiger partial charge on any atom is -0.354 e. The Morgan fingerprint density at radius 2 is 1.48 bits per heavy atom. The zero-order valence-corrected chi connectivity index (χ0v) is 21.8. The SMILES string of the molecule is Cc1ccc(C)c(S(=O)(=O)N2CCN(c3ccc(S(=O)(=O)N(C(C)C)C(C)C)cn3)CC2)c1. The number of hydrogen-bond donors (Lipinski definition) is 0. The molecule has 182 valence electrons. The molecule has 0 N–H and O–H groups in total. The van der Waals surface area contributed by atoms with Crippen molar-refractivity contribution in [3.8, 4) is 0 Å². The highest BCUT2D eigenvalue weighted by atomic mass is 32.2. The Morgan fingerprint density at radius 1 is 0.879 bits per heavy atom. The first kappa shape index (κ1) is 25.6. The molecule has 0 radical (unpaired) electrons.